The summed E-state index contributed by atoms with van der Waals surface area (Å²) >= 11 is 0. The van der Waals surface area contributed by atoms with Crippen LogP contribution < -0.4 is 19.9 Å². The maximum atomic E-state index is 12.1. The van der Waals surface area contributed by atoms with Crippen LogP contribution in [0.4, 0.5) is 0 Å². The molecule has 4 aromatic carbocycles. The molecule has 6 rings (SSSR count). The number of sulfonamides is 1. The lowest BCUT2D eigenvalue weighted by molar-refractivity contribution is -0.106. The number of hydrogen-bond acceptors (Lipinski definition) is 12. The second-order valence-electron chi connectivity index (χ2n) is 16.0. The summed E-state index contributed by atoms with van der Waals surface area (Å²) in [6, 6.07) is 34.1. The molecular formula is C48H61ClN6O9S2. The molecule has 6 aromatic rings. The number of aldehydes is 1. The van der Waals surface area contributed by atoms with Crippen molar-refractivity contribution in [3.8, 4) is 45.8 Å². The van der Waals surface area contributed by atoms with E-state index in [0.29, 0.717) is 36.2 Å². The lowest BCUT2D eigenvalue weighted by atomic mass is 9.93. The van der Waals surface area contributed by atoms with E-state index in [0.717, 1.165) is 51.2 Å². The number of aryl methyl sites for hydroxylation is 2. The summed E-state index contributed by atoms with van der Waals surface area (Å²) < 4.78 is 72.7. The van der Waals surface area contributed by atoms with Crippen molar-refractivity contribution in [3.63, 3.8) is 0 Å². The van der Waals surface area contributed by atoms with E-state index in [4.69, 9.17) is 29.8 Å². The zero-order valence-corrected chi connectivity index (χ0v) is 41.5. The van der Waals surface area contributed by atoms with E-state index in [1.807, 2.05) is 125 Å². The first-order valence-corrected chi connectivity index (χ1v) is 25.4. The minimum absolute atomic E-state index is 0.00849. The summed E-state index contributed by atoms with van der Waals surface area (Å²) in [6.45, 7) is 16.1. The highest BCUT2D eigenvalue weighted by atomic mass is 35.7. The van der Waals surface area contributed by atoms with Gasteiger partial charge in [0.05, 0.1) is 28.4 Å². The number of carbonyl (C=O) groups is 1. The molecule has 0 spiro atoms. The van der Waals surface area contributed by atoms with Crippen LogP contribution in [0, 0.1) is 0 Å². The number of hydrogen-bond donors (Lipinski definition) is 2. The fraction of sp³-hybridized carbons (Fsp3) is 0.354. The van der Waals surface area contributed by atoms with Crippen LogP contribution in [0.1, 0.15) is 88.7 Å². The molecule has 2 heterocycles. The number of halogens is 1. The highest BCUT2D eigenvalue weighted by molar-refractivity contribution is 8.13. The van der Waals surface area contributed by atoms with Crippen molar-refractivity contribution in [2.45, 2.75) is 85.8 Å². The average molecular weight is 966 g/mol. The number of carbonyl (C=O) groups excluding carboxylic acids is 1. The van der Waals surface area contributed by atoms with E-state index in [2.05, 4.69) is 26.6 Å². The Balaban J connectivity index is 0.000000257. The number of nitrogens with zero attached hydrogens (tertiary/aromatic N) is 4. The molecule has 0 aliphatic heterocycles. The Labute approximate surface area is 393 Å². The number of nitrogens with two attached hydrogens (primary N) is 1. The van der Waals surface area contributed by atoms with Gasteiger partial charge in [0.15, 0.2) is 6.29 Å². The first-order chi connectivity index (χ1) is 31.1. The predicted molar refractivity (Wildman–Crippen MR) is 260 cm³/mol. The Bertz CT molecular complexity index is 2730. The highest BCUT2D eigenvalue weighted by Gasteiger charge is 2.26. The van der Waals surface area contributed by atoms with Crippen molar-refractivity contribution in [2.24, 2.45) is 5.73 Å². The second-order valence-corrected chi connectivity index (χ2v) is 21.0. The molecule has 66 heavy (non-hydrogen) atoms. The summed E-state index contributed by atoms with van der Waals surface area (Å²) in [5, 5.41) is 9.34. The zero-order chi connectivity index (χ0) is 48.9. The van der Waals surface area contributed by atoms with Crippen molar-refractivity contribution in [1.29, 1.82) is 0 Å². The zero-order valence-electron chi connectivity index (χ0n) is 39.1. The number of rotatable bonds is 18. The summed E-state index contributed by atoms with van der Waals surface area (Å²) in [7, 11) is 1.36. The molecule has 0 bridgehead atoms. The van der Waals surface area contributed by atoms with Crippen LogP contribution >= 0.6 is 10.7 Å². The van der Waals surface area contributed by atoms with Crippen molar-refractivity contribution in [1.82, 2.24) is 24.3 Å². The van der Waals surface area contributed by atoms with Crippen LogP contribution in [0.25, 0.3) is 22.5 Å². The Morgan fingerprint density at radius 2 is 1.12 bits per heavy atom. The highest BCUT2D eigenvalue weighted by Crippen LogP contribution is 2.32. The third-order valence-electron chi connectivity index (χ3n) is 10.0. The molecule has 0 aliphatic carbocycles. The summed E-state index contributed by atoms with van der Waals surface area (Å²) in [6.07, 6.45) is 0.392. The molecule has 0 saturated carbocycles. The second kappa shape index (κ2) is 23.4. The van der Waals surface area contributed by atoms with Gasteiger partial charge in [0.2, 0.25) is 30.8 Å². The fourth-order valence-electron chi connectivity index (χ4n) is 6.28. The Kier molecular flexibility index (Phi) is 18.8. The maximum absolute atomic E-state index is 12.1. The molecule has 0 aliphatic rings. The van der Waals surface area contributed by atoms with E-state index in [9.17, 15) is 21.6 Å². The number of nitrogens with one attached hydrogen (secondary N) is 1. The van der Waals surface area contributed by atoms with Crippen LogP contribution in [-0.4, -0.2) is 68.4 Å². The van der Waals surface area contributed by atoms with E-state index in [-0.39, 0.29) is 11.5 Å². The molecule has 0 radical (unpaired) electrons. The lowest BCUT2D eigenvalue weighted by Gasteiger charge is -2.26. The van der Waals surface area contributed by atoms with Gasteiger partial charge in [0, 0.05) is 77.9 Å². The van der Waals surface area contributed by atoms with Crippen LogP contribution in [-0.2, 0) is 52.7 Å². The molecule has 0 fully saturated rings. The van der Waals surface area contributed by atoms with Gasteiger partial charge in [-0.1, -0.05) is 55.5 Å². The van der Waals surface area contributed by atoms with Gasteiger partial charge < -0.3 is 24.7 Å². The third-order valence-corrected chi connectivity index (χ3v) is 13.0. The van der Waals surface area contributed by atoms with Crippen molar-refractivity contribution in [3.05, 3.63) is 131 Å². The van der Waals surface area contributed by atoms with Gasteiger partial charge in [0.25, 0.3) is 0 Å². The molecule has 0 unspecified atom stereocenters. The van der Waals surface area contributed by atoms with Crippen LogP contribution in [0.5, 0.6) is 23.3 Å². The quantitative estimate of drug-likeness (QED) is 0.0471. The number of benzene rings is 4. The van der Waals surface area contributed by atoms with Crippen LogP contribution in [0.3, 0.4) is 0 Å². The van der Waals surface area contributed by atoms with Crippen LogP contribution in [0.2, 0.25) is 0 Å². The van der Waals surface area contributed by atoms with E-state index in [1.165, 1.54) is 6.92 Å². The minimum Gasteiger partial charge on any atom is -0.439 e. The minimum atomic E-state index is -3.36. The summed E-state index contributed by atoms with van der Waals surface area (Å²) in [5.74, 6) is 2.61. The predicted octanol–water partition coefficient (Wildman–Crippen LogP) is 9.77. The van der Waals surface area contributed by atoms with Crippen LogP contribution in [0.15, 0.2) is 109 Å². The standard InChI is InChI=1S/C23H27N3O4S.C23H29N3O3.C2H5ClO2S/c1-5-26-22(30-20-12-10-17(16-27)11-13-20)15-21(24-26)18-8-7-9-19(14-18)23(3,4)25-31(28,29)6-2;1-6-26-21(29-19-12-10-16(11-13-19)22(27-4)28-5)15-20(25-26)17-8-7-9-18(14-17)23(2,3)24;1-2-6(3,4)5/h7-16,25H,5-6H2,1-4H3;7-15,22H,6,24H2,1-5H3;2H2,1H3. The Hall–Kier alpha value is -5.40. The number of ether oxygens (including phenoxy) is 4. The van der Waals surface area contributed by atoms with Crippen molar-refractivity contribution in [2.75, 3.05) is 25.7 Å². The van der Waals surface area contributed by atoms with Gasteiger partial charge in [-0.05, 0) is 108 Å². The molecular weight excluding hydrogens is 904 g/mol. The van der Waals surface area contributed by atoms with Gasteiger partial charge >= 0.3 is 0 Å². The summed E-state index contributed by atoms with van der Waals surface area (Å²) in [5.41, 5.74) is 11.9. The summed E-state index contributed by atoms with van der Waals surface area (Å²) in [4.78, 5) is 10.8. The molecule has 0 atom stereocenters. The first kappa shape index (κ1) is 53.2. The number of aromatic nitrogens is 4. The van der Waals surface area contributed by atoms with E-state index >= 15 is 0 Å². The van der Waals surface area contributed by atoms with E-state index in [1.54, 1.807) is 50.1 Å². The van der Waals surface area contributed by atoms with Gasteiger partial charge in [-0.3, -0.25) is 4.79 Å². The molecule has 0 saturated heterocycles. The van der Waals surface area contributed by atoms with Crippen molar-refractivity contribution < 1.29 is 40.6 Å². The molecule has 0 amide bonds. The molecule has 15 nitrogen and oxygen atoms in total. The molecule has 356 valence electrons. The molecule has 18 heteroatoms. The smallest absolute Gasteiger partial charge is 0.232 e. The largest absolute Gasteiger partial charge is 0.439 e. The third kappa shape index (κ3) is 15.3. The topological polar surface area (TPSA) is 196 Å². The first-order valence-electron chi connectivity index (χ1n) is 21.3. The fourth-order valence-corrected chi connectivity index (χ4v) is 7.32. The van der Waals surface area contributed by atoms with Gasteiger partial charge in [0.1, 0.15) is 17.8 Å². The number of methoxy groups -OCH3 is 2. The maximum Gasteiger partial charge on any atom is 0.232 e. The Morgan fingerprint density at radius 3 is 1.52 bits per heavy atom. The molecule has 3 N–H and O–H groups in total. The molecule has 2 aromatic heterocycles. The lowest BCUT2D eigenvalue weighted by Crippen LogP contribution is -2.41. The normalized spacial score (nSPS) is 11.9. The van der Waals surface area contributed by atoms with Gasteiger partial charge in [-0.2, -0.15) is 10.2 Å². The SMILES string of the molecule is CCS(=O)(=O)Cl.CCn1nc(-c2cccc(C(C)(C)N)c2)cc1Oc1ccc(C(OC)OC)cc1.CCn1nc(-c2cccc(C(C)(C)NS(=O)(=O)CC)c2)cc1Oc1ccc(C=O)cc1. The van der Waals surface area contributed by atoms with Gasteiger partial charge in [-0.25, -0.2) is 30.9 Å². The average Bonchev–Trinajstić information content (AvgIpc) is 3.91. The van der Waals surface area contributed by atoms with Crippen molar-refractivity contribution >= 4 is 36.0 Å². The van der Waals surface area contributed by atoms with E-state index < -0.39 is 36.4 Å². The Morgan fingerprint density at radius 1 is 0.682 bits per heavy atom. The van der Waals surface area contributed by atoms with Gasteiger partial charge in [-0.15, -0.1) is 0 Å². The monoisotopic (exact) mass is 964 g/mol.